The van der Waals surface area contributed by atoms with Gasteiger partial charge in [0.2, 0.25) is 0 Å². The Balaban J connectivity index is 2.02. The molecular weight excluding hydrogens is 226 g/mol. The first-order chi connectivity index (χ1) is 7.25. The quantitative estimate of drug-likeness (QED) is 0.830. The third-order valence-electron chi connectivity index (χ3n) is 1.88. The van der Waals surface area contributed by atoms with Crippen LogP contribution in [0, 0.1) is 6.92 Å². The topological polar surface area (TPSA) is 33.1 Å². The van der Waals surface area contributed by atoms with Crippen molar-refractivity contribution < 1.29 is 5.11 Å². The van der Waals surface area contributed by atoms with Crippen molar-refractivity contribution in [1.29, 1.82) is 0 Å². The third-order valence-corrected chi connectivity index (χ3v) is 4.11. The molecule has 1 heterocycles. The van der Waals surface area contributed by atoms with E-state index in [2.05, 4.69) is 4.98 Å². The van der Waals surface area contributed by atoms with Gasteiger partial charge in [0.05, 0.1) is 5.75 Å². The highest BCUT2D eigenvalue weighted by Crippen LogP contribution is 2.30. The summed E-state index contributed by atoms with van der Waals surface area (Å²) < 4.78 is 0. The van der Waals surface area contributed by atoms with Gasteiger partial charge in [-0.2, -0.15) is 0 Å². The van der Waals surface area contributed by atoms with Crippen LogP contribution in [0.5, 0.6) is 5.75 Å². The van der Waals surface area contributed by atoms with Crippen LogP contribution in [-0.4, -0.2) is 10.1 Å². The molecule has 78 valence electrons. The molecule has 0 aliphatic rings. The van der Waals surface area contributed by atoms with Crippen molar-refractivity contribution in [2.24, 2.45) is 0 Å². The average molecular weight is 237 g/mol. The number of aromatic nitrogens is 1. The summed E-state index contributed by atoms with van der Waals surface area (Å²) in [5.74, 6) is 1.16. The highest BCUT2D eigenvalue weighted by Gasteiger charge is 2.03. The lowest BCUT2D eigenvalue weighted by Gasteiger charge is -2.01. The fourth-order valence-corrected chi connectivity index (χ4v) is 2.93. The number of thioether (sulfide) groups is 1. The van der Waals surface area contributed by atoms with E-state index in [4.69, 9.17) is 0 Å². The number of thiazole rings is 1. The Morgan fingerprint density at radius 2 is 2.20 bits per heavy atom. The van der Waals surface area contributed by atoms with Gasteiger partial charge in [-0.15, -0.1) is 23.1 Å². The molecule has 0 aliphatic carbocycles. The molecule has 2 rings (SSSR count). The van der Waals surface area contributed by atoms with Gasteiger partial charge in [-0.25, -0.2) is 4.98 Å². The summed E-state index contributed by atoms with van der Waals surface area (Å²) in [5, 5.41) is 12.7. The van der Waals surface area contributed by atoms with Gasteiger partial charge in [0.15, 0.2) is 0 Å². The first-order valence-corrected chi connectivity index (χ1v) is 6.44. The van der Waals surface area contributed by atoms with Crippen molar-refractivity contribution >= 4 is 23.1 Å². The van der Waals surface area contributed by atoms with E-state index in [1.807, 2.05) is 30.5 Å². The van der Waals surface area contributed by atoms with Gasteiger partial charge in [0, 0.05) is 16.0 Å². The van der Waals surface area contributed by atoms with Crippen LogP contribution >= 0.6 is 23.1 Å². The highest BCUT2D eigenvalue weighted by atomic mass is 32.2. The van der Waals surface area contributed by atoms with Crippen LogP contribution in [0.15, 0.2) is 34.5 Å². The average Bonchev–Trinajstić information content (AvgIpc) is 2.63. The Labute approximate surface area is 97.0 Å². The van der Waals surface area contributed by atoms with Gasteiger partial charge < -0.3 is 5.11 Å². The molecule has 1 aromatic heterocycles. The lowest BCUT2D eigenvalue weighted by Crippen LogP contribution is -1.80. The molecule has 0 saturated carbocycles. The Morgan fingerprint density at radius 3 is 2.87 bits per heavy atom. The van der Waals surface area contributed by atoms with Gasteiger partial charge in [0.1, 0.15) is 10.8 Å². The second-order valence-electron chi connectivity index (χ2n) is 3.14. The summed E-state index contributed by atoms with van der Waals surface area (Å²) in [6.45, 7) is 1.99. The maximum Gasteiger partial charge on any atom is 0.129 e. The number of hydrogen-bond donors (Lipinski definition) is 1. The number of aromatic hydroxyl groups is 1. The van der Waals surface area contributed by atoms with E-state index >= 15 is 0 Å². The number of rotatable bonds is 3. The van der Waals surface area contributed by atoms with Gasteiger partial charge >= 0.3 is 0 Å². The largest absolute Gasteiger partial charge is 0.507 e. The SMILES string of the molecule is Cc1csc(CSc2ccccc2O)n1. The maximum absolute atomic E-state index is 9.56. The Hall–Kier alpha value is -1.00. The molecule has 0 saturated heterocycles. The second kappa shape index (κ2) is 4.68. The van der Waals surface area contributed by atoms with Crippen molar-refractivity contribution in [2.75, 3.05) is 0 Å². The molecule has 0 unspecified atom stereocenters. The zero-order valence-electron chi connectivity index (χ0n) is 8.30. The normalized spacial score (nSPS) is 10.5. The standard InChI is InChI=1S/C11H11NOS2/c1-8-6-15-11(12-8)7-14-10-5-3-2-4-9(10)13/h2-6,13H,7H2,1H3. The summed E-state index contributed by atoms with van der Waals surface area (Å²) in [5.41, 5.74) is 1.06. The summed E-state index contributed by atoms with van der Waals surface area (Å²) >= 11 is 3.27. The Morgan fingerprint density at radius 1 is 1.40 bits per heavy atom. The van der Waals surface area contributed by atoms with Gasteiger partial charge in [-0.3, -0.25) is 0 Å². The van der Waals surface area contributed by atoms with Crippen LogP contribution in [0.1, 0.15) is 10.7 Å². The molecule has 0 fully saturated rings. The number of hydrogen-bond acceptors (Lipinski definition) is 4. The second-order valence-corrected chi connectivity index (χ2v) is 5.10. The van der Waals surface area contributed by atoms with E-state index in [9.17, 15) is 5.11 Å². The fourth-order valence-electron chi connectivity index (χ4n) is 1.19. The predicted octanol–water partition coefficient (Wildman–Crippen LogP) is 3.45. The van der Waals surface area contributed by atoms with E-state index < -0.39 is 0 Å². The molecule has 0 aliphatic heterocycles. The molecule has 0 bridgehead atoms. The molecule has 0 amide bonds. The van der Waals surface area contributed by atoms with Crippen LogP contribution in [0.25, 0.3) is 0 Å². The first-order valence-electron chi connectivity index (χ1n) is 4.57. The number of phenols is 1. The van der Waals surface area contributed by atoms with Crippen molar-refractivity contribution in [3.63, 3.8) is 0 Å². The van der Waals surface area contributed by atoms with E-state index in [0.29, 0.717) is 5.75 Å². The van der Waals surface area contributed by atoms with Crippen LogP contribution in [0.2, 0.25) is 0 Å². The zero-order chi connectivity index (χ0) is 10.7. The Bertz CT molecular complexity index is 453. The molecular formula is C11H11NOS2. The number of para-hydroxylation sites is 1. The van der Waals surface area contributed by atoms with Crippen molar-refractivity contribution in [3.05, 3.63) is 40.3 Å². The van der Waals surface area contributed by atoms with Crippen LogP contribution in [0.3, 0.4) is 0 Å². The highest BCUT2D eigenvalue weighted by molar-refractivity contribution is 7.98. The van der Waals surface area contributed by atoms with Crippen LogP contribution < -0.4 is 0 Å². The molecule has 0 radical (unpaired) electrons. The lowest BCUT2D eigenvalue weighted by molar-refractivity contribution is 0.462. The minimum Gasteiger partial charge on any atom is -0.507 e. The van der Waals surface area contributed by atoms with Crippen molar-refractivity contribution in [3.8, 4) is 5.75 Å². The zero-order valence-corrected chi connectivity index (χ0v) is 9.94. The fraction of sp³-hybridized carbons (Fsp3) is 0.182. The third kappa shape index (κ3) is 2.73. The Kier molecular flexibility index (Phi) is 3.28. The minimum absolute atomic E-state index is 0.343. The molecule has 0 atom stereocenters. The summed E-state index contributed by atoms with van der Waals surface area (Å²) in [4.78, 5) is 5.28. The number of benzene rings is 1. The van der Waals surface area contributed by atoms with Crippen LogP contribution in [-0.2, 0) is 5.75 Å². The number of phenolic OH excluding ortho intramolecular Hbond substituents is 1. The molecule has 1 N–H and O–H groups in total. The summed E-state index contributed by atoms with van der Waals surface area (Å²) in [6.07, 6.45) is 0. The van der Waals surface area contributed by atoms with Gasteiger partial charge in [-0.05, 0) is 19.1 Å². The molecule has 2 nitrogen and oxygen atoms in total. The maximum atomic E-state index is 9.56. The van der Waals surface area contributed by atoms with E-state index in [1.165, 1.54) is 0 Å². The van der Waals surface area contributed by atoms with E-state index in [1.54, 1.807) is 29.2 Å². The molecule has 4 heteroatoms. The van der Waals surface area contributed by atoms with E-state index in [-0.39, 0.29) is 0 Å². The van der Waals surface area contributed by atoms with Gasteiger partial charge in [0.25, 0.3) is 0 Å². The van der Waals surface area contributed by atoms with Crippen molar-refractivity contribution in [1.82, 2.24) is 4.98 Å². The predicted molar refractivity (Wildman–Crippen MR) is 64.5 cm³/mol. The number of aryl methyl sites for hydroxylation is 1. The molecule has 15 heavy (non-hydrogen) atoms. The minimum atomic E-state index is 0.343. The first kappa shape index (κ1) is 10.5. The van der Waals surface area contributed by atoms with Gasteiger partial charge in [-0.1, -0.05) is 12.1 Å². The van der Waals surface area contributed by atoms with E-state index in [0.717, 1.165) is 21.3 Å². The van der Waals surface area contributed by atoms with Crippen molar-refractivity contribution in [2.45, 2.75) is 17.6 Å². The molecule has 2 aromatic rings. The summed E-state index contributed by atoms with van der Waals surface area (Å²) in [7, 11) is 0. The molecule has 1 aromatic carbocycles. The van der Waals surface area contributed by atoms with Crippen LogP contribution in [0.4, 0.5) is 0 Å². The smallest absolute Gasteiger partial charge is 0.129 e. The molecule has 0 spiro atoms. The number of nitrogens with zero attached hydrogens (tertiary/aromatic N) is 1. The lowest BCUT2D eigenvalue weighted by atomic mass is 10.3. The monoisotopic (exact) mass is 237 g/mol. The summed E-state index contributed by atoms with van der Waals surface area (Å²) in [6, 6.07) is 7.37.